The summed E-state index contributed by atoms with van der Waals surface area (Å²) in [5.41, 5.74) is 6.34. The van der Waals surface area contributed by atoms with Crippen LogP contribution in [0.25, 0.3) is 0 Å². The summed E-state index contributed by atoms with van der Waals surface area (Å²) < 4.78 is 10.7. The van der Waals surface area contributed by atoms with Crippen molar-refractivity contribution in [2.45, 2.75) is 0 Å². The Labute approximate surface area is 115 Å². The van der Waals surface area contributed by atoms with E-state index in [4.69, 9.17) is 38.4 Å². The fourth-order valence-corrected chi connectivity index (χ4v) is 1.69. The molecule has 0 saturated heterocycles. The predicted molar refractivity (Wildman–Crippen MR) is 73.9 cm³/mol. The first-order chi connectivity index (χ1) is 8.60. The van der Waals surface area contributed by atoms with E-state index in [1.165, 1.54) is 0 Å². The van der Waals surface area contributed by atoms with E-state index in [9.17, 15) is 0 Å². The van der Waals surface area contributed by atoms with E-state index < -0.39 is 0 Å². The fourth-order valence-electron chi connectivity index (χ4n) is 1.40. The molecule has 18 heavy (non-hydrogen) atoms. The molecule has 0 heterocycles. The van der Waals surface area contributed by atoms with Crippen LogP contribution in [0.15, 0.2) is 36.4 Å². The maximum atomic E-state index is 5.91. The SMILES string of the molecule is COc1ccc(N)c(Oc2ccc(Cl)c(Cl)c2)c1. The lowest BCUT2D eigenvalue weighted by atomic mass is 10.2. The highest BCUT2D eigenvalue weighted by atomic mass is 35.5. The first-order valence-electron chi connectivity index (χ1n) is 5.16. The number of rotatable bonds is 3. The third kappa shape index (κ3) is 2.81. The number of hydrogen-bond donors (Lipinski definition) is 1. The van der Waals surface area contributed by atoms with E-state index in [0.717, 1.165) is 0 Å². The van der Waals surface area contributed by atoms with Crippen molar-refractivity contribution in [2.75, 3.05) is 12.8 Å². The summed E-state index contributed by atoms with van der Waals surface area (Å²) in [6, 6.07) is 10.2. The average molecular weight is 284 g/mol. The summed E-state index contributed by atoms with van der Waals surface area (Å²) in [6.45, 7) is 0. The molecule has 0 unspecified atom stereocenters. The van der Waals surface area contributed by atoms with E-state index in [2.05, 4.69) is 0 Å². The van der Waals surface area contributed by atoms with Gasteiger partial charge < -0.3 is 15.2 Å². The molecular formula is C13H11Cl2NO2. The number of halogens is 2. The minimum absolute atomic E-state index is 0.427. The number of nitrogens with two attached hydrogens (primary N) is 1. The molecule has 0 saturated carbocycles. The smallest absolute Gasteiger partial charge is 0.153 e. The van der Waals surface area contributed by atoms with Gasteiger partial charge in [-0.3, -0.25) is 0 Å². The molecule has 0 amide bonds. The average Bonchev–Trinajstić information content (AvgIpc) is 2.36. The summed E-state index contributed by atoms with van der Waals surface area (Å²) in [7, 11) is 1.58. The van der Waals surface area contributed by atoms with Gasteiger partial charge in [-0.15, -0.1) is 0 Å². The lowest BCUT2D eigenvalue weighted by molar-refractivity contribution is 0.409. The quantitative estimate of drug-likeness (QED) is 0.851. The summed E-state index contributed by atoms with van der Waals surface area (Å²) >= 11 is 11.7. The number of hydrogen-bond acceptors (Lipinski definition) is 3. The fraction of sp³-hybridized carbons (Fsp3) is 0.0769. The Morgan fingerprint density at radius 1 is 0.944 bits per heavy atom. The lowest BCUT2D eigenvalue weighted by Crippen LogP contribution is -1.93. The molecule has 0 radical (unpaired) electrons. The van der Waals surface area contributed by atoms with Crippen LogP contribution in [0.2, 0.25) is 10.0 Å². The number of nitrogen functional groups attached to an aromatic ring is 1. The van der Waals surface area contributed by atoms with Gasteiger partial charge in [0.15, 0.2) is 5.75 Å². The second kappa shape index (κ2) is 5.38. The molecule has 0 aliphatic carbocycles. The minimum Gasteiger partial charge on any atom is -0.497 e. The first-order valence-corrected chi connectivity index (χ1v) is 5.92. The van der Waals surface area contributed by atoms with Gasteiger partial charge in [-0.05, 0) is 24.3 Å². The first kappa shape index (κ1) is 12.9. The standard InChI is InChI=1S/C13H11Cl2NO2/c1-17-8-3-5-12(16)13(7-8)18-9-2-4-10(14)11(15)6-9/h2-7H,16H2,1H3. The summed E-state index contributed by atoms with van der Waals surface area (Å²) in [5, 5.41) is 0.901. The molecule has 0 spiro atoms. The highest BCUT2D eigenvalue weighted by Crippen LogP contribution is 2.33. The van der Waals surface area contributed by atoms with Gasteiger partial charge in [-0.25, -0.2) is 0 Å². The topological polar surface area (TPSA) is 44.5 Å². The predicted octanol–water partition coefficient (Wildman–Crippen LogP) is 4.38. The highest BCUT2D eigenvalue weighted by molar-refractivity contribution is 6.42. The Balaban J connectivity index is 2.30. The molecule has 2 aromatic rings. The maximum absolute atomic E-state index is 5.91. The van der Waals surface area contributed by atoms with Gasteiger partial charge in [-0.1, -0.05) is 23.2 Å². The van der Waals surface area contributed by atoms with E-state index >= 15 is 0 Å². The second-order valence-electron chi connectivity index (χ2n) is 3.58. The number of anilines is 1. The molecule has 3 nitrogen and oxygen atoms in total. The second-order valence-corrected chi connectivity index (χ2v) is 4.40. The summed E-state index contributed by atoms with van der Waals surface area (Å²) in [5.74, 6) is 1.73. The van der Waals surface area contributed by atoms with Crippen molar-refractivity contribution in [2.24, 2.45) is 0 Å². The van der Waals surface area contributed by atoms with E-state index in [1.54, 1.807) is 43.5 Å². The normalized spacial score (nSPS) is 10.2. The zero-order chi connectivity index (χ0) is 13.1. The van der Waals surface area contributed by atoms with Crippen LogP contribution >= 0.6 is 23.2 Å². The van der Waals surface area contributed by atoms with Crippen molar-refractivity contribution in [3.8, 4) is 17.2 Å². The minimum atomic E-state index is 0.427. The highest BCUT2D eigenvalue weighted by Gasteiger charge is 2.06. The van der Waals surface area contributed by atoms with Crippen LogP contribution in [0.3, 0.4) is 0 Å². The van der Waals surface area contributed by atoms with Gasteiger partial charge in [-0.2, -0.15) is 0 Å². The van der Waals surface area contributed by atoms with Crippen LogP contribution in [-0.2, 0) is 0 Å². The zero-order valence-electron chi connectivity index (χ0n) is 9.61. The molecule has 0 bridgehead atoms. The Bertz CT molecular complexity index is 573. The Morgan fingerprint density at radius 2 is 1.67 bits per heavy atom. The molecule has 5 heteroatoms. The summed E-state index contributed by atoms with van der Waals surface area (Å²) in [6.07, 6.45) is 0. The van der Waals surface area contributed by atoms with Crippen LogP contribution in [0, 0.1) is 0 Å². The van der Waals surface area contributed by atoms with Gasteiger partial charge in [0.25, 0.3) is 0 Å². The van der Waals surface area contributed by atoms with Crippen molar-refractivity contribution in [1.29, 1.82) is 0 Å². The van der Waals surface area contributed by atoms with E-state index in [1.807, 2.05) is 0 Å². The van der Waals surface area contributed by atoms with Gasteiger partial charge in [0.1, 0.15) is 11.5 Å². The van der Waals surface area contributed by atoms with Crippen LogP contribution in [0.1, 0.15) is 0 Å². The van der Waals surface area contributed by atoms with E-state index in [0.29, 0.717) is 33.0 Å². The Morgan fingerprint density at radius 3 is 2.33 bits per heavy atom. The molecule has 2 N–H and O–H groups in total. The van der Waals surface area contributed by atoms with Gasteiger partial charge >= 0.3 is 0 Å². The van der Waals surface area contributed by atoms with Crippen molar-refractivity contribution in [3.63, 3.8) is 0 Å². The molecule has 94 valence electrons. The van der Waals surface area contributed by atoms with Gasteiger partial charge in [0.2, 0.25) is 0 Å². The zero-order valence-corrected chi connectivity index (χ0v) is 11.1. The van der Waals surface area contributed by atoms with Crippen molar-refractivity contribution in [3.05, 3.63) is 46.4 Å². The number of methoxy groups -OCH3 is 1. The lowest BCUT2D eigenvalue weighted by Gasteiger charge is -2.10. The van der Waals surface area contributed by atoms with Crippen molar-refractivity contribution in [1.82, 2.24) is 0 Å². The molecular weight excluding hydrogens is 273 g/mol. The van der Waals surface area contributed by atoms with Crippen LogP contribution in [-0.4, -0.2) is 7.11 Å². The molecule has 2 rings (SSSR count). The number of benzene rings is 2. The van der Waals surface area contributed by atoms with Crippen molar-refractivity contribution < 1.29 is 9.47 Å². The molecule has 0 aliphatic heterocycles. The third-order valence-electron chi connectivity index (χ3n) is 2.34. The largest absolute Gasteiger partial charge is 0.497 e. The Kier molecular flexibility index (Phi) is 3.84. The molecule has 0 aliphatic rings. The molecule has 0 atom stereocenters. The monoisotopic (exact) mass is 283 g/mol. The van der Waals surface area contributed by atoms with Crippen LogP contribution in [0.5, 0.6) is 17.2 Å². The Hall–Kier alpha value is -1.58. The van der Waals surface area contributed by atoms with Crippen LogP contribution in [0.4, 0.5) is 5.69 Å². The van der Waals surface area contributed by atoms with Gasteiger partial charge in [0, 0.05) is 12.1 Å². The molecule has 0 fully saturated rings. The maximum Gasteiger partial charge on any atom is 0.153 e. The molecule has 0 aromatic heterocycles. The van der Waals surface area contributed by atoms with E-state index in [-0.39, 0.29) is 0 Å². The summed E-state index contributed by atoms with van der Waals surface area (Å²) in [4.78, 5) is 0. The van der Waals surface area contributed by atoms with Gasteiger partial charge in [0.05, 0.1) is 22.8 Å². The number of ether oxygens (including phenoxy) is 2. The molecule has 2 aromatic carbocycles. The third-order valence-corrected chi connectivity index (χ3v) is 3.08. The van der Waals surface area contributed by atoms with Crippen LogP contribution < -0.4 is 15.2 Å². The van der Waals surface area contributed by atoms with Crippen molar-refractivity contribution >= 4 is 28.9 Å².